The molecule has 0 aromatic rings. The molecule has 1 unspecified atom stereocenters. The molecule has 0 bridgehead atoms. The summed E-state index contributed by atoms with van der Waals surface area (Å²) in [5.41, 5.74) is 3.50. The highest BCUT2D eigenvalue weighted by atomic mass is 16.4. The Labute approximate surface area is 96.4 Å². The van der Waals surface area contributed by atoms with E-state index in [1.807, 2.05) is 0 Å². The fourth-order valence-corrected chi connectivity index (χ4v) is 0.962. The van der Waals surface area contributed by atoms with E-state index < -0.39 is 16.9 Å². The lowest BCUT2D eigenvalue weighted by molar-refractivity contribution is -0.152. The molecular formula is C11H22N2O3. The maximum atomic E-state index is 11.7. The summed E-state index contributed by atoms with van der Waals surface area (Å²) in [7, 11) is 0. The van der Waals surface area contributed by atoms with E-state index >= 15 is 0 Å². The van der Waals surface area contributed by atoms with Gasteiger partial charge in [0, 0.05) is 18.0 Å². The Balaban J connectivity index is 4.82. The van der Waals surface area contributed by atoms with E-state index in [4.69, 9.17) is 10.8 Å². The number of aliphatic carboxylic acids is 1. The second-order valence-corrected chi connectivity index (χ2v) is 5.18. The highest BCUT2D eigenvalue weighted by Crippen LogP contribution is 2.30. The van der Waals surface area contributed by atoms with Gasteiger partial charge in [-0.25, -0.2) is 0 Å². The lowest BCUT2D eigenvalue weighted by atomic mass is 9.74. The van der Waals surface area contributed by atoms with Crippen molar-refractivity contribution in [3.63, 3.8) is 0 Å². The predicted molar refractivity (Wildman–Crippen MR) is 61.9 cm³/mol. The van der Waals surface area contributed by atoms with Gasteiger partial charge in [0.15, 0.2) is 0 Å². The fourth-order valence-electron chi connectivity index (χ4n) is 0.962. The maximum absolute atomic E-state index is 11.7. The number of carbonyl (C=O) groups is 2. The number of carboxylic acid groups (broad SMARTS) is 1. The molecule has 5 nitrogen and oxygen atoms in total. The molecule has 16 heavy (non-hydrogen) atoms. The fraction of sp³-hybridized carbons (Fsp3) is 0.818. The predicted octanol–water partition coefficient (Wildman–Crippen LogP) is 0.587. The van der Waals surface area contributed by atoms with Crippen molar-refractivity contribution in [2.45, 2.75) is 40.2 Å². The first kappa shape index (κ1) is 14.9. The minimum absolute atomic E-state index is 0.221. The quantitative estimate of drug-likeness (QED) is 0.644. The zero-order valence-electron chi connectivity index (χ0n) is 10.6. The van der Waals surface area contributed by atoms with E-state index in [0.29, 0.717) is 0 Å². The third-order valence-corrected chi connectivity index (χ3v) is 3.33. The van der Waals surface area contributed by atoms with Crippen LogP contribution in [-0.2, 0) is 9.59 Å². The molecule has 4 N–H and O–H groups in total. The van der Waals surface area contributed by atoms with E-state index in [1.165, 1.54) is 0 Å². The summed E-state index contributed by atoms with van der Waals surface area (Å²) < 4.78 is 0. The SMILES string of the molecule is CC(CN)C(=O)NC(C)(C)C(C)(C)C(=O)O. The van der Waals surface area contributed by atoms with Gasteiger partial charge in [-0.05, 0) is 27.7 Å². The summed E-state index contributed by atoms with van der Waals surface area (Å²) in [6, 6.07) is 0. The first-order valence-corrected chi connectivity index (χ1v) is 5.31. The van der Waals surface area contributed by atoms with Crippen LogP contribution in [0.15, 0.2) is 0 Å². The van der Waals surface area contributed by atoms with E-state index in [2.05, 4.69) is 5.32 Å². The minimum atomic E-state index is -1.04. The standard InChI is InChI=1S/C11H22N2O3/c1-7(6-12)8(14)13-11(4,5)10(2,3)9(15)16/h7H,6,12H2,1-5H3,(H,13,14)(H,15,16). The van der Waals surface area contributed by atoms with Gasteiger partial charge in [-0.1, -0.05) is 6.92 Å². The van der Waals surface area contributed by atoms with Crippen LogP contribution < -0.4 is 11.1 Å². The van der Waals surface area contributed by atoms with Crippen LogP contribution in [-0.4, -0.2) is 29.1 Å². The molecule has 0 saturated carbocycles. The number of carbonyl (C=O) groups excluding carboxylic acids is 1. The third kappa shape index (κ3) is 2.95. The van der Waals surface area contributed by atoms with E-state index in [9.17, 15) is 9.59 Å². The van der Waals surface area contributed by atoms with Gasteiger partial charge in [0.1, 0.15) is 0 Å². The Morgan fingerprint density at radius 1 is 1.31 bits per heavy atom. The van der Waals surface area contributed by atoms with Crippen molar-refractivity contribution in [2.24, 2.45) is 17.1 Å². The second kappa shape index (κ2) is 4.82. The number of nitrogens with one attached hydrogen (secondary N) is 1. The molecule has 0 heterocycles. The first-order valence-electron chi connectivity index (χ1n) is 5.31. The highest BCUT2D eigenvalue weighted by molar-refractivity contribution is 5.82. The monoisotopic (exact) mass is 230 g/mol. The van der Waals surface area contributed by atoms with Crippen LogP contribution in [0.4, 0.5) is 0 Å². The summed E-state index contributed by atoms with van der Waals surface area (Å²) in [6.45, 7) is 8.52. The molecule has 0 aromatic carbocycles. The Morgan fingerprint density at radius 3 is 2.06 bits per heavy atom. The second-order valence-electron chi connectivity index (χ2n) is 5.18. The van der Waals surface area contributed by atoms with E-state index in [1.54, 1.807) is 34.6 Å². The van der Waals surface area contributed by atoms with Crippen molar-refractivity contribution in [2.75, 3.05) is 6.54 Å². The Hall–Kier alpha value is -1.10. The van der Waals surface area contributed by atoms with Crippen LogP contribution in [0.1, 0.15) is 34.6 Å². The summed E-state index contributed by atoms with van der Waals surface area (Å²) in [5, 5.41) is 11.8. The van der Waals surface area contributed by atoms with Gasteiger partial charge >= 0.3 is 5.97 Å². The van der Waals surface area contributed by atoms with Crippen molar-refractivity contribution in [3.05, 3.63) is 0 Å². The minimum Gasteiger partial charge on any atom is -0.481 e. The van der Waals surface area contributed by atoms with Crippen LogP contribution in [0.5, 0.6) is 0 Å². The Morgan fingerprint density at radius 2 is 1.75 bits per heavy atom. The lowest BCUT2D eigenvalue weighted by Gasteiger charge is -2.39. The lowest BCUT2D eigenvalue weighted by Crippen LogP contribution is -2.58. The molecule has 0 aliphatic heterocycles. The smallest absolute Gasteiger partial charge is 0.311 e. The molecule has 0 aromatic heterocycles. The van der Waals surface area contributed by atoms with E-state index in [0.717, 1.165) is 0 Å². The van der Waals surface area contributed by atoms with Gasteiger partial charge in [-0.2, -0.15) is 0 Å². The average molecular weight is 230 g/mol. The normalized spacial score (nSPS) is 14.4. The van der Waals surface area contributed by atoms with Crippen LogP contribution in [0.3, 0.4) is 0 Å². The van der Waals surface area contributed by atoms with Gasteiger partial charge in [0.05, 0.1) is 5.41 Å². The molecule has 0 saturated heterocycles. The maximum Gasteiger partial charge on any atom is 0.311 e. The molecule has 0 spiro atoms. The molecule has 0 rings (SSSR count). The van der Waals surface area contributed by atoms with Crippen LogP contribution in [0, 0.1) is 11.3 Å². The van der Waals surface area contributed by atoms with Crippen molar-refractivity contribution in [1.82, 2.24) is 5.32 Å². The van der Waals surface area contributed by atoms with Crippen molar-refractivity contribution >= 4 is 11.9 Å². The average Bonchev–Trinajstić information content (AvgIpc) is 2.15. The third-order valence-electron chi connectivity index (χ3n) is 3.33. The van der Waals surface area contributed by atoms with Gasteiger partial charge in [-0.3, -0.25) is 9.59 Å². The van der Waals surface area contributed by atoms with Gasteiger partial charge in [-0.15, -0.1) is 0 Å². The zero-order valence-corrected chi connectivity index (χ0v) is 10.6. The molecule has 1 atom stereocenters. The Bertz CT molecular complexity index is 285. The number of rotatable bonds is 5. The summed E-state index contributed by atoms with van der Waals surface area (Å²) in [6.07, 6.45) is 0. The first-order chi connectivity index (χ1) is 7.06. The number of carboxylic acids is 1. The van der Waals surface area contributed by atoms with Crippen LogP contribution >= 0.6 is 0 Å². The summed E-state index contributed by atoms with van der Waals surface area (Å²) >= 11 is 0. The number of nitrogens with two attached hydrogens (primary N) is 1. The number of amides is 1. The molecule has 0 aliphatic rings. The van der Waals surface area contributed by atoms with Crippen molar-refractivity contribution in [1.29, 1.82) is 0 Å². The summed E-state index contributed by atoms with van der Waals surface area (Å²) in [4.78, 5) is 22.8. The van der Waals surface area contributed by atoms with Crippen LogP contribution in [0.2, 0.25) is 0 Å². The van der Waals surface area contributed by atoms with Crippen molar-refractivity contribution in [3.8, 4) is 0 Å². The van der Waals surface area contributed by atoms with E-state index in [-0.39, 0.29) is 18.4 Å². The van der Waals surface area contributed by atoms with Gasteiger partial charge < -0.3 is 16.2 Å². The van der Waals surface area contributed by atoms with Crippen LogP contribution in [0.25, 0.3) is 0 Å². The molecule has 1 amide bonds. The topological polar surface area (TPSA) is 92.4 Å². The molecule has 0 radical (unpaired) electrons. The number of hydrogen-bond donors (Lipinski definition) is 3. The zero-order chi connectivity index (χ0) is 13.1. The van der Waals surface area contributed by atoms with Gasteiger partial charge in [0.2, 0.25) is 5.91 Å². The highest BCUT2D eigenvalue weighted by Gasteiger charge is 2.44. The molecule has 0 aliphatic carbocycles. The molecule has 0 fully saturated rings. The molecule has 94 valence electrons. The van der Waals surface area contributed by atoms with Gasteiger partial charge in [0.25, 0.3) is 0 Å². The summed E-state index contributed by atoms with van der Waals surface area (Å²) in [5.74, 6) is -1.48. The number of hydrogen-bond acceptors (Lipinski definition) is 3. The molecule has 5 heteroatoms. The largest absolute Gasteiger partial charge is 0.481 e. The van der Waals surface area contributed by atoms with Crippen molar-refractivity contribution < 1.29 is 14.7 Å². The molecular weight excluding hydrogens is 208 g/mol. The Kier molecular flexibility index (Phi) is 4.49.